The number of aliphatic hydroxyl groups excluding tert-OH is 1. The Kier molecular flexibility index (Phi) is 8.78. The number of methoxy groups -OCH3 is 1. The molecule has 0 rings (SSSR count). The molecule has 0 amide bonds. The molecule has 0 spiro atoms. The van der Waals surface area contributed by atoms with Crippen LogP contribution in [0.2, 0.25) is 0 Å². The number of hydrogen-bond donors (Lipinski definition) is 1. The first-order valence-electron chi connectivity index (χ1n) is 6.28. The summed E-state index contributed by atoms with van der Waals surface area (Å²) in [5, 5.41) is 9.17. The van der Waals surface area contributed by atoms with E-state index in [1.165, 1.54) is 0 Å². The van der Waals surface area contributed by atoms with E-state index in [1.807, 2.05) is 27.7 Å². The molecule has 0 saturated heterocycles. The van der Waals surface area contributed by atoms with Crippen molar-refractivity contribution in [3.63, 3.8) is 0 Å². The van der Waals surface area contributed by atoms with Crippen molar-refractivity contribution in [1.82, 2.24) is 0 Å². The minimum atomic E-state index is -0.224. The fourth-order valence-electron chi connectivity index (χ4n) is 1.37. The zero-order valence-corrected chi connectivity index (χ0v) is 11.9. The van der Waals surface area contributed by atoms with Crippen LogP contribution in [0.1, 0.15) is 40.5 Å². The predicted molar refractivity (Wildman–Crippen MR) is 68.2 cm³/mol. The number of aliphatic hydroxyl groups is 1. The van der Waals surface area contributed by atoms with Gasteiger partial charge in [0.15, 0.2) is 0 Å². The fraction of sp³-hybridized carbons (Fsp3) is 1.00. The topological polar surface area (TPSA) is 47.9 Å². The third-order valence-corrected chi connectivity index (χ3v) is 2.38. The van der Waals surface area contributed by atoms with Gasteiger partial charge in [-0.2, -0.15) is 0 Å². The van der Waals surface area contributed by atoms with Gasteiger partial charge < -0.3 is 19.3 Å². The fourth-order valence-corrected chi connectivity index (χ4v) is 1.37. The molecule has 2 atom stereocenters. The molecule has 0 aromatic carbocycles. The van der Waals surface area contributed by atoms with Gasteiger partial charge in [-0.05, 0) is 40.5 Å². The highest BCUT2D eigenvalue weighted by Gasteiger charge is 2.17. The van der Waals surface area contributed by atoms with Crippen molar-refractivity contribution in [2.75, 3.05) is 26.9 Å². The second kappa shape index (κ2) is 8.86. The van der Waals surface area contributed by atoms with Crippen LogP contribution in [0.15, 0.2) is 0 Å². The zero-order chi connectivity index (χ0) is 13.3. The molecule has 0 aromatic rings. The Labute approximate surface area is 105 Å². The van der Waals surface area contributed by atoms with Crippen molar-refractivity contribution in [1.29, 1.82) is 0 Å². The maximum Gasteiger partial charge on any atom is 0.0834 e. The molecule has 0 fully saturated rings. The van der Waals surface area contributed by atoms with E-state index in [0.29, 0.717) is 13.2 Å². The minimum Gasteiger partial charge on any atom is -0.394 e. The largest absolute Gasteiger partial charge is 0.394 e. The first-order chi connectivity index (χ1) is 7.89. The standard InChI is InChI=1S/C13H28O4/c1-11(15-5)6-8-16-9-7-12(10-14)17-13(2,3)4/h11-12,14H,6-10H2,1-5H3. The smallest absolute Gasteiger partial charge is 0.0834 e. The molecule has 0 aromatic heterocycles. The Morgan fingerprint density at radius 1 is 1.12 bits per heavy atom. The van der Waals surface area contributed by atoms with Gasteiger partial charge in [-0.25, -0.2) is 0 Å². The minimum absolute atomic E-state index is 0.0368. The summed E-state index contributed by atoms with van der Waals surface area (Å²) >= 11 is 0. The highest BCUT2D eigenvalue weighted by molar-refractivity contribution is 4.65. The molecule has 0 aliphatic heterocycles. The molecular formula is C13H28O4. The molecule has 4 heteroatoms. The first kappa shape index (κ1) is 16.8. The Hall–Kier alpha value is -0.160. The first-order valence-corrected chi connectivity index (χ1v) is 6.28. The molecule has 1 N–H and O–H groups in total. The van der Waals surface area contributed by atoms with Crippen LogP contribution >= 0.6 is 0 Å². The van der Waals surface area contributed by atoms with Gasteiger partial charge in [-0.1, -0.05) is 0 Å². The van der Waals surface area contributed by atoms with Gasteiger partial charge in [0.2, 0.25) is 0 Å². The van der Waals surface area contributed by atoms with Gasteiger partial charge in [0, 0.05) is 20.3 Å². The van der Waals surface area contributed by atoms with Gasteiger partial charge in [0.1, 0.15) is 0 Å². The quantitative estimate of drug-likeness (QED) is 0.634. The summed E-state index contributed by atoms with van der Waals surface area (Å²) in [5.41, 5.74) is -0.224. The Bertz CT molecular complexity index is 177. The highest BCUT2D eigenvalue weighted by Crippen LogP contribution is 2.12. The van der Waals surface area contributed by atoms with E-state index in [-0.39, 0.29) is 24.4 Å². The summed E-state index contributed by atoms with van der Waals surface area (Å²) in [5.74, 6) is 0. The summed E-state index contributed by atoms with van der Waals surface area (Å²) in [4.78, 5) is 0. The van der Waals surface area contributed by atoms with Crippen LogP contribution in [0.25, 0.3) is 0 Å². The number of rotatable bonds is 9. The lowest BCUT2D eigenvalue weighted by Crippen LogP contribution is -2.30. The maximum absolute atomic E-state index is 9.17. The molecule has 0 radical (unpaired) electrons. The monoisotopic (exact) mass is 248 g/mol. The summed E-state index contributed by atoms with van der Waals surface area (Å²) in [6.07, 6.45) is 1.69. The lowest BCUT2D eigenvalue weighted by molar-refractivity contribution is -0.0908. The lowest BCUT2D eigenvalue weighted by Gasteiger charge is -2.26. The summed E-state index contributed by atoms with van der Waals surface area (Å²) in [7, 11) is 1.70. The molecule has 0 saturated carbocycles. The molecule has 0 heterocycles. The van der Waals surface area contributed by atoms with E-state index in [2.05, 4.69) is 0 Å². The van der Waals surface area contributed by atoms with Crippen LogP contribution in [-0.4, -0.2) is 49.8 Å². The lowest BCUT2D eigenvalue weighted by atomic mass is 10.1. The predicted octanol–water partition coefficient (Wildman–Crippen LogP) is 1.99. The van der Waals surface area contributed by atoms with Crippen molar-refractivity contribution in [3.05, 3.63) is 0 Å². The van der Waals surface area contributed by atoms with Gasteiger partial charge in [0.05, 0.1) is 24.4 Å². The van der Waals surface area contributed by atoms with Crippen molar-refractivity contribution in [2.45, 2.75) is 58.3 Å². The Balaban J connectivity index is 3.57. The van der Waals surface area contributed by atoms with E-state index in [1.54, 1.807) is 7.11 Å². The Morgan fingerprint density at radius 2 is 1.71 bits per heavy atom. The molecule has 104 valence electrons. The average Bonchev–Trinajstić information content (AvgIpc) is 2.25. The van der Waals surface area contributed by atoms with Crippen LogP contribution in [0, 0.1) is 0 Å². The number of hydrogen-bond acceptors (Lipinski definition) is 4. The SMILES string of the molecule is COC(C)CCOCCC(CO)OC(C)(C)C. The van der Waals surface area contributed by atoms with Crippen molar-refractivity contribution in [2.24, 2.45) is 0 Å². The van der Waals surface area contributed by atoms with E-state index >= 15 is 0 Å². The van der Waals surface area contributed by atoms with Crippen molar-refractivity contribution >= 4 is 0 Å². The van der Waals surface area contributed by atoms with Crippen molar-refractivity contribution in [3.8, 4) is 0 Å². The van der Waals surface area contributed by atoms with Crippen molar-refractivity contribution < 1.29 is 19.3 Å². The molecule has 17 heavy (non-hydrogen) atoms. The maximum atomic E-state index is 9.17. The second-order valence-electron chi connectivity index (χ2n) is 5.27. The van der Waals surface area contributed by atoms with Crippen LogP contribution in [0.3, 0.4) is 0 Å². The average molecular weight is 248 g/mol. The third-order valence-electron chi connectivity index (χ3n) is 2.38. The van der Waals surface area contributed by atoms with E-state index in [4.69, 9.17) is 14.2 Å². The molecule has 2 unspecified atom stereocenters. The summed E-state index contributed by atoms with van der Waals surface area (Å²) < 4.78 is 16.3. The molecule has 4 nitrogen and oxygen atoms in total. The van der Waals surface area contributed by atoms with E-state index in [9.17, 15) is 5.11 Å². The molecular weight excluding hydrogens is 220 g/mol. The van der Waals surface area contributed by atoms with Gasteiger partial charge >= 0.3 is 0 Å². The zero-order valence-electron chi connectivity index (χ0n) is 11.9. The van der Waals surface area contributed by atoms with Crippen LogP contribution in [-0.2, 0) is 14.2 Å². The van der Waals surface area contributed by atoms with Gasteiger partial charge in [0.25, 0.3) is 0 Å². The Morgan fingerprint density at radius 3 is 2.18 bits per heavy atom. The second-order valence-corrected chi connectivity index (χ2v) is 5.27. The highest BCUT2D eigenvalue weighted by atomic mass is 16.5. The number of ether oxygens (including phenoxy) is 3. The molecule has 0 aliphatic rings. The van der Waals surface area contributed by atoms with Gasteiger partial charge in [-0.15, -0.1) is 0 Å². The van der Waals surface area contributed by atoms with E-state index in [0.717, 1.165) is 12.8 Å². The van der Waals surface area contributed by atoms with E-state index < -0.39 is 0 Å². The van der Waals surface area contributed by atoms with Gasteiger partial charge in [-0.3, -0.25) is 0 Å². The normalized spacial score (nSPS) is 15.9. The third kappa shape index (κ3) is 10.7. The van der Waals surface area contributed by atoms with Crippen LogP contribution in [0.4, 0.5) is 0 Å². The molecule has 0 bridgehead atoms. The summed E-state index contributed by atoms with van der Waals surface area (Å²) in [6.45, 7) is 9.29. The van der Waals surface area contributed by atoms with Crippen LogP contribution in [0.5, 0.6) is 0 Å². The summed E-state index contributed by atoms with van der Waals surface area (Å²) in [6, 6.07) is 0. The van der Waals surface area contributed by atoms with Crippen LogP contribution < -0.4 is 0 Å². The molecule has 0 aliphatic carbocycles.